The lowest BCUT2D eigenvalue weighted by Gasteiger charge is -2.20. The van der Waals surface area contributed by atoms with E-state index in [1.54, 1.807) is 0 Å². The van der Waals surface area contributed by atoms with Crippen LogP contribution in [0.2, 0.25) is 0 Å². The number of rotatable bonds is 9. The van der Waals surface area contributed by atoms with E-state index in [-0.39, 0.29) is 11.8 Å². The number of nitrogens with one attached hydrogen (secondary N) is 2. The van der Waals surface area contributed by atoms with Gasteiger partial charge in [0.25, 0.3) is 5.91 Å². The molecule has 0 aromatic heterocycles. The molecule has 3 N–H and O–H groups in total. The molecule has 1 fully saturated rings. The van der Waals surface area contributed by atoms with Crippen LogP contribution in [0.5, 0.6) is 0 Å². The molecular weight excluding hydrogens is 288 g/mol. The average Bonchev–Trinajstić information content (AvgIpc) is 3.16. The van der Waals surface area contributed by atoms with E-state index < -0.39 is 30.1 Å². The van der Waals surface area contributed by atoms with Crippen LogP contribution in [0.15, 0.2) is 0 Å². The Hall–Kier alpha value is -1.63. The van der Waals surface area contributed by atoms with Crippen LogP contribution in [-0.4, -0.2) is 47.7 Å². The van der Waals surface area contributed by atoms with Crippen molar-refractivity contribution in [2.24, 2.45) is 11.8 Å². The molecule has 7 heteroatoms. The first-order chi connectivity index (χ1) is 10.2. The number of carboxylic acids is 1. The molecule has 22 heavy (non-hydrogen) atoms. The number of hydrogen-bond donors (Lipinski definition) is 3. The molecule has 0 radical (unpaired) electrons. The van der Waals surface area contributed by atoms with Gasteiger partial charge in [0.05, 0.1) is 0 Å². The van der Waals surface area contributed by atoms with Crippen molar-refractivity contribution in [2.75, 3.05) is 6.54 Å². The molecule has 3 atom stereocenters. The Bertz CT molecular complexity index is 422. The highest BCUT2D eigenvalue weighted by Crippen LogP contribution is 2.22. The maximum atomic E-state index is 12.2. The van der Waals surface area contributed by atoms with Crippen LogP contribution in [0.25, 0.3) is 0 Å². The predicted molar refractivity (Wildman–Crippen MR) is 80.1 cm³/mol. The second kappa shape index (κ2) is 8.12. The number of carbonyl (C=O) groups is 3. The first kappa shape index (κ1) is 18.4. The van der Waals surface area contributed by atoms with Gasteiger partial charge in [-0.3, -0.25) is 9.59 Å². The maximum Gasteiger partial charge on any atom is 0.336 e. The van der Waals surface area contributed by atoms with Gasteiger partial charge in [-0.05, 0) is 24.7 Å². The lowest BCUT2D eigenvalue weighted by molar-refractivity contribution is -0.138. The van der Waals surface area contributed by atoms with Gasteiger partial charge in [0, 0.05) is 6.54 Å². The Morgan fingerprint density at radius 3 is 2.18 bits per heavy atom. The molecule has 0 bridgehead atoms. The number of carbonyl (C=O) groups excluding carboxylic acids is 2. The van der Waals surface area contributed by atoms with E-state index in [1.165, 1.54) is 0 Å². The first-order valence-corrected chi connectivity index (χ1v) is 7.68. The normalized spacial score (nSPS) is 21.5. The van der Waals surface area contributed by atoms with Crippen molar-refractivity contribution in [3.63, 3.8) is 0 Å². The predicted octanol–water partition coefficient (Wildman–Crippen LogP) is 0.532. The lowest BCUT2D eigenvalue weighted by atomic mass is 10.0. The van der Waals surface area contributed by atoms with Crippen molar-refractivity contribution in [2.45, 2.75) is 58.8 Å². The van der Waals surface area contributed by atoms with Crippen LogP contribution < -0.4 is 10.6 Å². The fourth-order valence-electron chi connectivity index (χ4n) is 2.06. The van der Waals surface area contributed by atoms with Gasteiger partial charge in [-0.2, -0.15) is 0 Å². The first-order valence-electron chi connectivity index (χ1n) is 7.68. The fraction of sp³-hybridized carbons (Fsp3) is 0.800. The quantitative estimate of drug-likeness (QED) is 0.538. The number of epoxide rings is 1. The Labute approximate surface area is 130 Å². The zero-order valence-corrected chi connectivity index (χ0v) is 13.6. The number of aliphatic carboxylic acids is 1. The molecule has 1 heterocycles. The van der Waals surface area contributed by atoms with Gasteiger partial charge in [0.1, 0.15) is 6.04 Å². The zero-order chi connectivity index (χ0) is 16.9. The molecule has 7 nitrogen and oxygen atoms in total. The minimum absolute atomic E-state index is 0.219. The molecule has 0 saturated carbocycles. The van der Waals surface area contributed by atoms with Crippen LogP contribution >= 0.6 is 0 Å². The van der Waals surface area contributed by atoms with Crippen molar-refractivity contribution in [3.8, 4) is 0 Å². The summed E-state index contributed by atoms with van der Waals surface area (Å²) in [5.74, 6) is -1.25. The highest BCUT2D eigenvalue weighted by atomic mass is 16.6. The third-order valence-corrected chi connectivity index (χ3v) is 3.35. The molecule has 0 aromatic rings. The molecule has 126 valence electrons. The fourth-order valence-corrected chi connectivity index (χ4v) is 2.06. The molecule has 0 aromatic carbocycles. The van der Waals surface area contributed by atoms with E-state index in [0.29, 0.717) is 18.9 Å². The summed E-state index contributed by atoms with van der Waals surface area (Å²) in [6.45, 7) is 8.59. The van der Waals surface area contributed by atoms with E-state index in [9.17, 15) is 14.4 Å². The number of ether oxygens (including phenoxy) is 1. The molecule has 0 aliphatic carbocycles. The summed E-state index contributed by atoms with van der Waals surface area (Å²) in [6, 6.07) is -0.668. The van der Waals surface area contributed by atoms with Crippen molar-refractivity contribution in [1.29, 1.82) is 0 Å². The number of amides is 2. The minimum atomic E-state index is -1.16. The van der Waals surface area contributed by atoms with Gasteiger partial charge in [-0.15, -0.1) is 0 Å². The smallest absolute Gasteiger partial charge is 0.336 e. The maximum absolute atomic E-state index is 12.2. The highest BCUT2D eigenvalue weighted by molar-refractivity contribution is 5.95. The van der Waals surface area contributed by atoms with Crippen molar-refractivity contribution in [1.82, 2.24) is 10.6 Å². The van der Waals surface area contributed by atoms with Crippen molar-refractivity contribution in [3.05, 3.63) is 0 Å². The topological polar surface area (TPSA) is 108 Å². The van der Waals surface area contributed by atoms with E-state index in [2.05, 4.69) is 24.5 Å². The monoisotopic (exact) mass is 314 g/mol. The van der Waals surface area contributed by atoms with Crippen molar-refractivity contribution >= 4 is 17.8 Å². The summed E-state index contributed by atoms with van der Waals surface area (Å²) in [6.07, 6.45) is -0.732. The number of carboxylic acid groups (broad SMARTS) is 1. The summed E-state index contributed by atoms with van der Waals surface area (Å²) in [5, 5.41) is 14.1. The van der Waals surface area contributed by atoms with Gasteiger partial charge in [-0.1, -0.05) is 27.7 Å². The zero-order valence-electron chi connectivity index (χ0n) is 13.6. The van der Waals surface area contributed by atoms with Crippen LogP contribution in [0.4, 0.5) is 0 Å². The summed E-state index contributed by atoms with van der Waals surface area (Å²) in [4.78, 5) is 34.8. The number of hydrogen-bond acceptors (Lipinski definition) is 4. The van der Waals surface area contributed by atoms with Gasteiger partial charge in [-0.25, -0.2) is 4.79 Å². The largest absolute Gasteiger partial charge is 0.479 e. The molecule has 1 aliphatic rings. The molecule has 0 spiro atoms. The minimum Gasteiger partial charge on any atom is -0.479 e. The molecule has 1 aliphatic heterocycles. The Morgan fingerprint density at radius 1 is 1.09 bits per heavy atom. The summed E-state index contributed by atoms with van der Waals surface area (Å²) in [5.41, 5.74) is 0. The summed E-state index contributed by atoms with van der Waals surface area (Å²) in [7, 11) is 0. The molecule has 1 saturated heterocycles. The Morgan fingerprint density at radius 2 is 1.73 bits per heavy atom. The van der Waals surface area contributed by atoms with Crippen LogP contribution in [0, 0.1) is 11.8 Å². The average molecular weight is 314 g/mol. The Kier molecular flexibility index (Phi) is 6.80. The third kappa shape index (κ3) is 6.01. The van der Waals surface area contributed by atoms with Gasteiger partial charge in [0.2, 0.25) is 5.91 Å². The Balaban J connectivity index is 2.51. The molecule has 1 rings (SSSR count). The van der Waals surface area contributed by atoms with Gasteiger partial charge >= 0.3 is 5.97 Å². The lowest BCUT2D eigenvalue weighted by Crippen LogP contribution is -2.49. The molecular formula is C15H26N2O5. The van der Waals surface area contributed by atoms with E-state index in [0.717, 1.165) is 6.42 Å². The third-order valence-electron chi connectivity index (χ3n) is 3.35. The van der Waals surface area contributed by atoms with Crippen molar-refractivity contribution < 1.29 is 24.2 Å². The molecule has 2 amide bonds. The van der Waals surface area contributed by atoms with Gasteiger partial charge < -0.3 is 20.5 Å². The summed E-state index contributed by atoms with van der Waals surface area (Å²) >= 11 is 0. The second-order valence-corrected chi connectivity index (χ2v) is 6.48. The summed E-state index contributed by atoms with van der Waals surface area (Å²) < 4.78 is 4.80. The van der Waals surface area contributed by atoms with E-state index >= 15 is 0 Å². The van der Waals surface area contributed by atoms with Crippen LogP contribution in [0.3, 0.4) is 0 Å². The SMILES string of the molecule is CC(C)CCNC(=O)[C@H](CC(C)C)NC(=O)[C@@H]1O[C@H]1C(=O)O. The van der Waals surface area contributed by atoms with Crippen LogP contribution in [-0.2, 0) is 19.1 Å². The van der Waals surface area contributed by atoms with Gasteiger partial charge in [0.15, 0.2) is 12.2 Å². The van der Waals surface area contributed by atoms with E-state index in [4.69, 9.17) is 9.84 Å². The van der Waals surface area contributed by atoms with E-state index in [1.807, 2.05) is 13.8 Å². The second-order valence-electron chi connectivity index (χ2n) is 6.48. The highest BCUT2D eigenvalue weighted by Gasteiger charge is 2.51. The molecule has 0 unspecified atom stereocenters. The van der Waals surface area contributed by atoms with Crippen LogP contribution in [0.1, 0.15) is 40.5 Å². The standard InChI is InChI=1S/C15H26N2O5/c1-8(2)5-6-16-13(18)10(7-9(3)4)17-14(19)11-12(22-11)15(20)21/h8-12H,5-7H2,1-4H3,(H,16,18)(H,17,19)(H,20,21)/t10-,11+,12+/m0/s1.